The predicted molar refractivity (Wildman–Crippen MR) is 52.7 cm³/mol. The highest BCUT2D eigenvalue weighted by molar-refractivity contribution is 4.87. The van der Waals surface area contributed by atoms with Gasteiger partial charge in [-0.25, -0.2) is 0 Å². The molecule has 0 amide bonds. The van der Waals surface area contributed by atoms with E-state index in [9.17, 15) is 0 Å². The van der Waals surface area contributed by atoms with Gasteiger partial charge in [0.15, 0.2) is 0 Å². The summed E-state index contributed by atoms with van der Waals surface area (Å²) in [6, 6.07) is 0. The summed E-state index contributed by atoms with van der Waals surface area (Å²) in [6.07, 6.45) is 8.50. The van der Waals surface area contributed by atoms with Crippen LogP contribution in [0.25, 0.3) is 0 Å². The minimum atomic E-state index is 0.815. The van der Waals surface area contributed by atoms with Crippen LogP contribution in [0.5, 0.6) is 0 Å². The van der Waals surface area contributed by atoms with Crippen LogP contribution in [0.1, 0.15) is 47.0 Å². The van der Waals surface area contributed by atoms with Crippen LogP contribution in [0.4, 0.5) is 0 Å². The van der Waals surface area contributed by atoms with Crippen molar-refractivity contribution in [2.75, 3.05) is 0 Å². The van der Waals surface area contributed by atoms with E-state index >= 15 is 0 Å². The molecule has 0 heteroatoms. The third-order valence-electron chi connectivity index (χ3n) is 2.44. The van der Waals surface area contributed by atoms with E-state index in [2.05, 4.69) is 39.8 Å². The van der Waals surface area contributed by atoms with Crippen LogP contribution in [-0.4, -0.2) is 0 Å². The van der Waals surface area contributed by atoms with Crippen LogP contribution in [0.3, 0.4) is 0 Å². The fraction of sp³-hybridized carbons (Fsp3) is 0.818. The monoisotopic (exact) mass is 154 g/mol. The highest BCUT2D eigenvalue weighted by Crippen LogP contribution is 2.21. The molecule has 0 aromatic rings. The third kappa shape index (κ3) is 4.23. The Labute approximate surface area is 71.7 Å². The molecule has 0 aromatic carbocycles. The highest BCUT2D eigenvalue weighted by atomic mass is 14.2. The van der Waals surface area contributed by atoms with Gasteiger partial charge in [-0.1, -0.05) is 45.8 Å². The normalized spacial score (nSPS) is 17.1. The Morgan fingerprint density at radius 3 is 2.27 bits per heavy atom. The molecule has 0 aliphatic heterocycles. The zero-order valence-corrected chi connectivity index (χ0v) is 8.43. The Balaban J connectivity index is 3.86. The second kappa shape index (κ2) is 6.45. The van der Waals surface area contributed by atoms with Crippen LogP contribution in [0.15, 0.2) is 12.2 Å². The molecule has 0 radical (unpaired) electrons. The SMILES string of the molecule is CC=CC(CCC)C(C)CC. The summed E-state index contributed by atoms with van der Waals surface area (Å²) in [7, 11) is 0. The van der Waals surface area contributed by atoms with Gasteiger partial charge in [-0.3, -0.25) is 0 Å². The van der Waals surface area contributed by atoms with Crippen molar-refractivity contribution in [3.8, 4) is 0 Å². The van der Waals surface area contributed by atoms with E-state index in [0.717, 1.165) is 11.8 Å². The van der Waals surface area contributed by atoms with Crippen LogP contribution >= 0.6 is 0 Å². The molecule has 0 nitrogen and oxygen atoms in total. The van der Waals surface area contributed by atoms with E-state index in [-0.39, 0.29) is 0 Å². The second-order valence-corrected chi connectivity index (χ2v) is 3.36. The molecule has 0 spiro atoms. The van der Waals surface area contributed by atoms with Crippen molar-refractivity contribution in [1.29, 1.82) is 0 Å². The average molecular weight is 154 g/mol. The summed E-state index contributed by atoms with van der Waals surface area (Å²) in [5.74, 6) is 1.67. The zero-order valence-electron chi connectivity index (χ0n) is 8.43. The minimum Gasteiger partial charge on any atom is -0.0914 e. The van der Waals surface area contributed by atoms with Gasteiger partial charge in [-0.2, -0.15) is 0 Å². The lowest BCUT2D eigenvalue weighted by Gasteiger charge is -2.18. The fourth-order valence-electron chi connectivity index (χ4n) is 1.45. The van der Waals surface area contributed by atoms with Gasteiger partial charge in [-0.15, -0.1) is 0 Å². The molecule has 0 N–H and O–H groups in total. The van der Waals surface area contributed by atoms with Crippen molar-refractivity contribution in [1.82, 2.24) is 0 Å². The Morgan fingerprint density at radius 2 is 1.91 bits per heavy atom. The topological polar surface area (TPSA) is 0 Å². The lowest BCUT2D eigenvalue weighted by molar-refractivity contribution is 0.390. The van der Waals surface area contributed by atoms with E-state index in [1.54, 1.807) is 0 Å². The van der Waals surface area contributed by atoms with Crippen LogP contribution < -0.4 is 0 Å². The summed E-state index contributed by atoms with van der Waals surface area (Å²) >= 11 is 0. The lowest BCUT2D eigenvalue weighted by Crippen LogP contribution is -2.07. The van der Waals surface area contributed by atoms with Gasteiger partial charge in [0.05, 0.1) is 0 Å². The minimum absolute atomic E-state index is 0.815. The first-order chi connectivity index (χ1) is 5.26. The molecule has 0 aliphatic rings. The Bertz CT molecular complexity index is 103. The summed E-state index contributed by atoms with van der Waals surface area (Å²) in [4.78, 5) is 0. The van der Waals surface area contributed by atoms with Crippen LogP contribution in [0, 0.1) is 11.8 Å². The van der Waals surface area contributed by atoms with Gasteiger partial charge in [0, 0.05) is 0 Å². The largest absolute Gasteiger partial charge is 0.0914 e. The molecule has 0 bridgehead atoms. The first-order valence-corrected chi connectivity index (χ1v) is 4.89. The first kappa shape index (κ1) is 10.7. The quantitative estimate of drug-likeness (QED) is 0.524. The van der Waals surface area contributed by atoms with Gasteiger partial charge in [0.2, 0.25) is 0 Å². The van der Waals surface area contributed by atoms with E-state index in [1.165, 1.54) is 19.3 Å². The molecule has 0 saturated heterocycles. The van der Waals surface area contributed by atoms with Crippen molar-refractivity contribution < 1.29 is 0 Å². The number of allylic oxidation sites excluding steroid dienone is 2. The van der Waals surface area contributed by atoms with Crippen molar-refractivity contribution in [3.05, 3.63) is 12.2 Å². The Morgan fingerprint density at radius 1 is 1.27 bits per heavy atom. The molecule has 0 fully saturated rings. The Hall–Kier alpha value is -0.260. The number of hydrogen-bond acceptors (Lipinski definition) is 0. The average Bonchev–Trinajstić information content (AvgIpc) is 2.03. The maximum Gasteiger partial charge on any atom is -0.0208 e. The molecule has 11 heavy (non-hydrogen) atoms. The molecule has 0 heterocycles. The van der Waals surface area contributed by atoms with E-state index in [0.29, 0.717) is 0 Å². The molecule has 0 aromatic heterocycles. The lowest BCUT2D eigenvalue weighted by atomic mass is 9.88. The van der Waals surface area contributed by atoms with Crippen LogP contribution in [0.2, 0.25) is 0 Å². The van der Waals surface area contributed by atoms with Crippen LogP contribution in [-0.2, 0) is 0 Å². The second-order valence-electron chi connectivity index (χ2n) is 3.36. The summed E-state index contributed by atoms with van der Waals surface area (Å²) in [5, 5.41) is 0. The fourth-order valence-corrected chi connectivity index (χ4v) is 1.45. The van der Waals surface area contributed by atoms with Gasteiger partial charge >= 0.3 is 0 Å². The molecule has 0 rings (SSSR count). The highest BCUT2D eigenvalue weighted by Gasteiger charge is 2.10. The van der Waals surface area contributed by atoms with E-state index < -0.39 is 0 Å². The molecule has 66 valence electrons. The standard InChI is InChI=1S/C11H22/c1-5-8-11(9-6-2)10(4)7-3/h5,8,10-11H,6-7,9H2,1-4H3. The van der Waals surface area contributed by atoms with E-state index in [4.69, 9.17) is 0 Å². The smallest absolute Gasteiger partial charge is 0.0208 e. The van der Waals surface area contributed by atoms with Gasteiger partial charge in [-0.05, 0) is 25.2 Å². The first-order valence-electron chi connectivity index (χ1n) is 4.89. The zero-order chi connectivity index (χ0) is 8.69. The predicted octanol–water partition coefficient (Wildman–Crippen LogP) is 4.02. The molecule has 2 unspecified atom stereocenters. The number of rotatable bonds is 5. The maximum absolute atomic E-state index is 2.36. The molecular formula is C11H22. The molecular weight excluding hydrogens is 132 g/mol. The van der Waals surface area contributed by atoms with Crippen molar-refractivity contribution in [2.24, 2.45) is 11.8 Å². The molecule has 2 atom stereocenters. The van der Waals surface area contributed by atoms with Gasteiger partial charge in [0.25, 0.3) is 0 Å². The maximum atomic E-state index is 2.36. The Kier molecular flexibility index (Phi) is 6.30. The summed E-state index contributed by atoms with van der Waals surface area (Å²) in [6.45, 7) is 9.00. The number of hydrogen-bond donors (Lipinski definition) is 0. The van der Waals surface area contributed by atoms with Crippen molar-refractivity contribution in [3.63, 3.8) is 0 Å². The summed E-state index contributed by atoms with van der Waals surface area (Å²) in [5.41, 5.74) is 0. The molecule has 0 aliphatic carbocycles. The van der Waals surface area contributed by atoms with E-state index in [1.807, 2.05) is 0 Å². The van der Waals surface area contributed by atoms with Gasteiger partial charge < -0.3 is 0 Å². The summed E-state index contributed by atoms with van der Waals surface area (Å²) < 4.78 is 0. The third-order valence-corrected chi connectivity index (χ3v) is 2.44. The molecule has 0 saturated carbocycles. The van der Waals surface area contributed by atoms with Crippen molar-refractivity contribution >= 4 is 0 Å². The van der Waals surface area contributed by atoms with Gasteiger partial charge in [0.1, 0.15) is 0 Å². The van der Waals surface area contributed by atoms with Crippen molar-refractivity contribution in [2.45, 2.75) is 47.0 Å².